The fraction of sp³-hybridized carbons (Fsp3) is 0.714. The van der Waals surface area contributed by atoms with E-state index in [4.69, 9.17) is 9.47 Å². The zero-order valence-corrected chi connectivity index (χ0v) is 21.8. The van der Waals surface area contributed by atoms with Gasteiger partial charge in [-0.2, -0.15) is 0 Å². The van der Waals surface area contributed by atoms with Gasteiger partial charge in [0.2, 0.25) is 5.91 Å². The number of carbonyl (C=O) groups excluding carboxylic acids is 2. The van der Waals surface area contributed by atoms with Crippen molar-refractivity contribution in [2.24, 2.45) is 5.41 Å². The number of fused-ring (bicyclic) bond motifs is 1. The van der Waals surface area contributed by atoms with Gasteiger partial charge in [0.1, 0.15) is 5.69 Å². The van der Waals surface area contributed by atoms with Crippen LogP contribution in [0, 0.1) is 5.41 Å². The van der Waals surface area contributed by atoms with Crippen LogP contribution in [0.5, 0.6) is 11.5 Å². The first-order chi connectivity index (χ1) is 16.4. The van der Waals surface area contributed by atoms with Crippen molar-refractivity contribution in [1.82, 2.24) is 0 Å². The average molecular weight is 473 g/mol. The number of unbranched alkanes of at least 4 members (excludes halogenated alkanes) is 7. The van der Waals surface area contributed by atoms with Gasteiger partial charge in [-0.3, -0.25) is 9.59 Å². The third-order valence-corrected chi connectivity index (χ3v) is 7.56. The number of rotatable bonds is 13. The predicted molar refractivity (Wildman–Crippen MR) is 139 cm³/mol. The lowest BCUT2D eigenvalue weighted by Crippen LogP contribution is -2.34. The molecule has 0 saturated heterocycles. The third kappa shape index (κ3) is 6.05. The van der Waals surface area contributed by atoms with Crippen LogP contribution in [0.25, 0.3) is 0 Å². The van der Waals surface area contributed by atoms with Crippen LogP contribution < -0.4 is 19.7 Å². The van der Waals surface area contributed by atoms with Crippen molar-refractivity contribution in [3.63, 3.8) is 0 Å². The number of hydrogen-bond donors (Lipinski definition) is 1. The van der Waals surface area contributed by atoms with Gasteiger partial charge in [0.15, 0.2) is 17.3 Å². The highest BCUT2D eigenvalue weighted by atomic mass is 16.5. The largest absolute Gasteiger partial charge is 0.492 e. The predicted octanol–water partition coefficient (Wildman–Crippen LogP) is 6.76. The second-order valence-corrected chi connectivity index (χ2v) is 10.3. The van der Waals surface area contributed by atoms with Gasteiger partial charge in [-0.1, -0.05) is 71.1 Å². The molecular formula is C28H44N2O4. The lowest BCUT2D eigenvalue weighted by Gasteiger charge is -2.31. The van der Waals surface area contributed by atoms with Crippen molar-refractivity contribution in [3.8, 4) is 11.5 Å². The van der Waals surface area contributed by atoms with E-state index in [1.54, 1.807) is 7.11 Å². The lowest BCUT2D eigenvalue weighted by atomic mass is 9.79. The molecule has 1 aliphatic carbocycles. The molecule has 0 bridgehead atoms. The van der Waals surface area contributed by atoms with Crippen LogP contribution >= 0.6 is 0 Å². The monoisotopic (exact) mass is 472 g/mol. The number of amides is 1. The SMILES string of the molecule is CCCCCCCCCCC1(C(=O)Nc2c3c(cc(N(C)C)c2OC)C(=O)CCO3)CCCC1. The fourth-order valence-corrected chi connectivity index (χ4v) is 5.51. The number of carbonyl (C=O) groups is 2. The van der Waals surface area contributed by atoms with E-state index in [2.05, 4.69) is 12.2 Å². The molecule has 1 aromatic carbocycles. The highest BCUT2D eigenvalue weighted by Crippen LogP contribution is 2.49. The molecule has 6 heteroatoms. The van der Waals surface area contributed by atoms with Gasteiger partial charge in [0.25, 0.3) is 0 Å². The smallest absolute Gasteiger partial charge is 0.230 e. The number of ketones is 1. The number of methoxy groups -OCH3 is 1. The first-order valence-electron chi connectivity index (χ1n) is 13.3. The van der Waals surface area contributed by atoms with Crippen molar-refractivity contribution < 1.29 is 19.1 Å². The number of hydrogen-bond acceptors (Lipinski definition) is 5. The molecule has 0 spiro atoms. The molecule has 1 heterocycles. The zero-order chi connectivity index (χ0) is 24.6. The summed E-state index contributed by atoms with van der Waals surface area (Å²) < 4.78 is 11.7. The van der Waals surface area contributed by atoms with Gasteiger partial charge < -0.3 is 19.7 Å². The maximum absolute atomic E-state index is 13.8. The van der Waals surface area contributed by atoms with Gasteiger partial charge in [-0.05, 0) is 25.3 Å². The Labute approximate surface area is 205 Å². The van der Waals surface area contributed by atoms with E-state index < -0.39 is 0 Å². The maximum atomic E-state index is 13.8. The van der Waals surface area contributed by atoms with E-state index in [1.165, 1.54) is 44.9 Å². The summed E-state index contributed by atoms with van der Waals surface area (Å²) in [6.07, 6.45) is 15.4. The van der Waals surface area contributed by atoms with Gasteiger partial charge in [0, 0.05) is 25.9 Å². The summed E-state index contributed by atoms with van der Waals surface area (Å²) in [5, 5.41) is 3.20. The van der Waals surface area contributed by atoms with Crippen LogP contribution in [0.1, 0.15) is 107 Å². The molecule has 1 saturated carbocycles. The molecule has 1 amide bonds. The molecule has 0 unspecified atom stereocenters. The van der Waals surface area contributed by atoms with Crippen LogP contribution in [0.4, 0.5) is 11.4 Å². The Morgan fingerprint density at radius 1 is 1.09 bits per heavy atom. The van der Waals surface area contributed by atoms with Gasteiger partial charge in [-0.25, -0.2) is 0 Å². The second kappa shape index (κ2) is 12.5. The summed E-state index contributed by atoms with van der Waals surface area (Å²) in [7, 11) is 5.41. The Balaban J connectivity index is 1.75. The topological polar surface area (TPSA) is 67.9 Å². The van der Waals surface area contributed by atoms with Crippen LogP contribution in [0.3, 0.4) is 0 Å². The standard InChI is InChI=1S/C28H44N2O4/c1-5-6-7-8-9-10-11-12-16-28(17-13-14-18-28)27(32)29-24-25-21(23(31)15-19-34-25)20-22(30(2)3)26(24)33-4/h20H,5-19H2,1-4H3,(H,29,32). The van der Waals surface area contributed by atoms with E-state index in [0.29, 0.717) is 35.8 Å². The molecule has 1 aliphatic heterocycles. The Hall–Kier alpha value is -2.24. The summed E-state index contributed by atoms with van der Waals surface area (Å²) in [4.78, 5) is 28.3. The number of nitrogens with zero attached hydrogens (tertiary/aromatic N) is 1. The minimum atomic E-state index is -0.340. The van der Waals surface area contributed by atoms with E-state index in [1.807, 2.05) is 25.1 Å². The van der Waals surface area contributed by atoms with E-state index in [9.17, 15) is 9.59 Å². The van der Waals surface area contributed by atoms with Crippen molar-refractivity contribution >= 4 is 23.1 Å². The maximum Gasteiger partial charge on any atom is 0.230 e. The highest BCUT2D eigenvalue weighted by Gasteiger charge is 2.41. The molecule has 1 fully saturated rings. The van der Waals surface area contributed by atoms with Crippen molar-refractivity contribution in [3.05, 3.63) is 11.6 Å². The molecule has 190 valence electrons. The normalized spacial score (nSPS) is 16.6. The quantitative estimate of drug-likeness (QED) is 0.321. The molecule has 3 rings (SSSR count). The minimum Gasteiger partial charge on any atom is -0.492 e. The molecule has 0 aromatic heterocycles. The fourth-order valence-electron chi connectivity index (χ4n) is 5.51. The molecule has 34 heavy (non-hydrogen) atoms. The Morgan fingerprint density at radius 3 is 2.35 bits per heavy atom. The zero-order valence-electron chi connectivity index (χ0n) is 21.8. The van der Waals surface area contributed by atoms with Crippen LogP contribution in [0.15, 0.2) is 6.07 Å². The Morgan fingerprint density at radius 2 is 1.74 bits per heavy atom. The van der Waals surface area contributed by atoms with Crippen LogP contribution in [0.2, 0.25) is 0 Å². The average Bonchev–Trinajstić information content (AvgIpc) is 3.31. The first-order valence-corrected chi connectivity index (χ1v) is 13.3. The molecule has 1 aromatic rings. The molecule has 2 aliphatic rings. The van der Waals surface area contributed by atoms with E-state index in [-0.39, 0.29) is 17.1 Å². The third-order valence-electron chi connectivity index (χ3n) is 7.56. The van der Waals surface area contributed by atoms with Crippen molar-refractivity contribution in [2.75, 3.05) is 38.0 Å². The summed E-state index contributed by atoms with van der Waals surface area (Å²) in [6.45, 7) is 2.57. The van der Waals surface area contributed by atoms with Gasteiger partial charge in [-0.15, -0.1) is 0 Å². The first kappa shape index (κ1) is 26.4. The van der Waals surface area contributed by atoms with Crippen molar-refractivity contribution in [1.29, 1.82) is 0 Å². The molecule has 6 nitrogen and oxygen atoms in total. The summed E-state index contributed by atoms with van der Waals surface area (Å²) in [5.41, 5.74) is 1.45. The van der Waals surface area contributed by atoms with Crippen molar-refractivity contribution in [2.45, 2.75) is 96.8 Å². The number of anilines is 2. The van der Waals surface area contributed by atoms with E-state index in [0.717, 1.165) is 44.2 Å². The van der Waals surface area contributed by atoms with E-state index >= 15 is 0 Å². The lowest BCUT2D eigenvalue weighted by molar-refractivity contribution is -0.125. The van der Waals surface area contributed by atoms with Crippen LogP contribution in [-0.2, 0) is 4.79 Å². The Kier molecular flexibility index (Phi) is 9.66. The molecule has 0 radical (unpaired) electrons. The summed E-state index contributed by atoms with van der Waals surface area (Å²) in [6, 6.07) is 1.82. The summed E-state index contributed by atoms with van der Waals surface area (Å²) >= 11 is 0. The highest BCUT2D eigenvalue weighted by molar-refractivity contribution is 6.07. The number of nitrogens with one attached hydrogen (secondary N) is 1. The number of benzene rings is 1. The Bertz CT molecular complexity index is 843. The molecule has 1 N–H and O–H groups in total. The molecular weight excluding hydrogens is 428 g/mol. The van der Waals surface area contributed by atoms with Crippen LogP contribution in [-0.4, -0.2) is 39.5 Å². The van der Waals surface area contributed by atoms with Gasteiger partial charge in [0.05, 0.1) is 25.0 Å². The summed E-state index contributed by atoms with van der Waals surface area (Å²) in [5.74, 6) is 1.09. The van der Waals surface area contributed by atoms with Gasteiger partial charge >= 0.3 is 0 Å². The molecule has 0 atom stereocenters. The second-order valence-electron chi connectivity index (χ2n) is 10.3. The number of ether oxygens (including phenoxy) is 2. The minimum absolute atomic E-state index is 0.0389. The number of Topliss-reactive ketones (excluding diaryl/α,β-unsaturated/α-hetero) is 1.